The molecule has 128 valence electrons. The smallest absolute Gasteiger partial charge is 0.277 e. The number of benzene rings is 1. The number of hydroxylamine groups is 2. The molecule has 1 aliphatic heterocycles. The van der Waals surface area contributed by atoms with Crippen molar-refractivity contribution in [3.63, 3.8) is 0 Å². The summed E-state index contributed by atoms with van der Waals surface area (Å²) in [6.07, 6.45) is 7.22. The van der Waals surface area contributed by atoms with Crippen molar-refractivity contribution >= 4 is 11.8 Å². The van der Waals surface area contributed by atoms with Crippen LogP contribution in [0, 0.1) is 5.41 Å². The molecule has 5 nitrogen and oxygen atoms in total. The van der Waals surface area contributed by atoms with E-state index >= 15 is 0 Å². The van der Waals surface area contributed by atoms with Gasteiger partial charge in [0.2, 0.25) is 5.91 Å². The highest BCUT2D eigenvalue weighted by Gasteiger charge is 2.44. The Hall–Kier alpha value is -1.88. The highest BCUT2D eigenvalue weighted by atomic mass is 16.5. The molecule has 1 aromatic carbocycles. The van der Waals surface area contributed by atoms with Crippen molar-refractivity contribution in [3.05, 3.63) is 34.9 Å². The fourth-order valence-electron chi connectivity index (χ4n) is 4.56. The second kappa shape index (κ2) is 5.88. The average molecular weight is 328 g/mol. The summed E-state index contributed by atoms with van der Waals surface area (Å²) < 4.78 is 0. The van der Waals surface area contributed by atoms with E-state index in [4.69, 9.17) is 0 Å². The van der Waals surface area contributed by atoms with Gasteiger partial charge < -0.3 is 5.32 Å². The van der Waals surface area contributed by atoms with Crippen LogP contribution in [0.5, 0.6) is 0 Å². The molecule has 0 bridgehead atoms. The van der Waals surface area contributed by atoms with Crippen molar-refractivity contribution in [2.24, 2.45) is 5.41 Å². The number of hydrogen-bond acceptors (Lipinski definition) is 3. The molecule has 2 amide bonds. The van der Waals surface area contributed by atoms with E-state index in [1.54, 1.807) is 6.07 Å². The van der Waals surface area contributed by atoms with Crippen molar-refractivity contribution in [1.82, 2.24) is 10.4 Å². The molecule has 5 heteroatoms. The molecule has 0 radical (unpaired) electrons. The molecular weight excluding hydrogens is 304 g/mol. The molecule has 2 N–H and O–H groups in total. The van der Waals surface area contributed by atoms with Crippen molar-refractivity contribution in [2.75, 3.05) is 6.54 Å². The Balaban J connectivity index is 1.54. The molecule has 1 saturated heterocycles. The summed E-state index contributed by atoms with van der Waals surface area (Å²) in [6, 6.07) is 5.64. The van der Waals surface area contributed by atoms with E-state index < -0.39 is 0 Å². The van der Waals surface area contributed by atoms with E-state index in [-0.39, 0.29) is 23.3 Å². The molecule has 3 aliphatic rings. The van der Waals surface area contributed by atoms with Gasteiger partial charge in [-0.25, -0.2) is 5.06 Å². The molecular formula is C19H24N2O3. The molecule has 2 aliphatic carbocycles. The van der Waals surface area contributed by atoms with E-state index in [2.05, 4.69) is 5.32 Å². The molecule has 24 heavy (non-hydrogen) atoms. The molecule has 1 saturated carbocycles. The maximum absolute atomic E-state index is 12.5. The molecule has 1 aromatic rings. The number of aryl methyl sites for hydroxylation is 1. The van der Waals surface area contributed by atoms with E-state index in [9.17, 15) is 14.8 Å². The number of nitrogens with zero attached hydrogens (tertiary/aromatic N) is 1. The zero-order valence-electron chi connectivity index (χ0n) is 13.9. The van der Waals surface area contributed by atoms with E-state index in [1.807, 2.05) is 12.1 Å². The Kier molecular flexibility index (Phi) is 3.83. The first-order chi connectivity index (χ1) is 11.6. The van der Waals surface area contributed by atoms with Crippen molar-refractivity contribution < 1.29 is 14.8 Å². The minimum absolute atomic E-state index is 0.0426. The summed E-state index contributed by atoms with van der Waals surface area (Å²) >= 11 is 0. The molecule has 1 heterocycles. The number of rotatable bonds is 2. The van der Waals surface area contributed by atoms with Gasteiger partial charge in [0.05, 0.1) is 11.5 Å². The van der Waals surface area contributed by atoms with Gasteiger partial charge in [-0.15, -0.1) is 0 Å². The Morgan fingerprint density at radius 2 is 2.00 bits per heavy atom. The summed E-state index contributed by atoms with van der Waals surface area (Å²) in [5.74, 6) is -0.125. The van der Waals surface area contributed by atoms with Crippen LogP contribution < -0.4 is 5.32 Å². The van der Waals surface area contributed by atoms with Gasteiger partial charge in [0, 0.05) is 12.1 Å². The molecule has 2 fully saturated rings. The summed E-state index contributed by atoms with van der Waals surface area (Å²) in [5.41, 5.74) is 2.62. The fraction of sp³-hybridized carbons (Fsp3) is 0.579. The maximum Gasteiger partial charge on any atom is 0.277 e. The molecule has 0 aromatic heterocycles. The van der Waals surface area contributed by atoms with Crippen LogP contribution in [-0.2, 0) is 17.6 Å². The van der Waals surface area contributed by atoms with Gasteiger partial charge in [-0.1, -0.05) is 18.9 Å². The van der Waals surface area contributed by atoms with Crippen molar-refractivity contribution in [3.8, 4) is 0 Å². The van der Waals surface area contributed by atoms with Crippen LogP contribution in [-0.4, -0.2) is 34.7 Å². The lowest BCUT2D eigenvalue weighted by Gasteiger charge is -2.32. The summed E-state index contributed by atoms with van der Waals surface area (Å²) in [4.78, 5) is 24.7. The molecule has 1 spiro atoms. The second-order valence-electron chi connectivity index (χ2n) is 7.53. The highest BCUT2D eigenvalue weighted by Crippen LogP contribution is 2.41. The number of fused-ring (bicyclic) bond motifs is 1. The summed E-state index contributed by atoms with van der Waals surface area (Å²) in [5, 5.41) is 14.1. The van der Waals surface area contributed by atoms with Gasteiger partial charge in [0.15, 0.2) is 0 Å². The Morgan fingerprint density at radius 1 is 1.21 bits per heavy atom. The van der Waals surface area contributed by atoms with Gasteiger partial charge in [-0.3, -0.25) is 14.8 Å². The van der Waals surface area contributed by atoms with E-state index in [0.717, 1.165) is 68.5 Å². The zero-order chi connectivity index (χ0) is 16.7. The molecule has 4 rings (SSSR count). The van der Waals surface area contributed by atoms with Crippen LogP contribution in [0.25, 0.3) is 0 Å². The quantitative estimate of drug-likeness (QED) is 0.647. The van der Waals surface area contributed by atoms with Crippen LogP contribution in [0.3, 0.4) is 0 Å². The average Bonchev–Trinajstić information content (AvgIpc) is 3.24. The van der Waals surface area contributed by atoms with Crippen LogP contribution in [0.1, 0.15) is 60.0 Å². The zero-order valence-corrected chi connectivity index (χ0v) is 13.9. The number of carbonyl (C=O) groups is 2. The first kappa shape index (κ1) is 15.6. The minimum Gasteiger partial charge on any atom is -0.356 e. The third kappa shape index (κ3) is 2.51. The number of hydrogen-bond donors (Lipinski definition) is 2. The third-order valence-electron chi connectivity index (χ3n) is 6.10. The first-order valence-corrected chi connectivity index (χ1v) is 9.02. The number of nitrogens with one attached hydrogen (secondary N) is 1. The van der Waals surface area contributed by atoms with Gasteiger partial charge in [0.1, 0.15) is 0 Å². The van der Waals surface area contributed by atoms with Crippen LogP contribution in [0.2, 0.25) is 0 Å². The monoisotopic (exact) mass is 328 g/mol. The number of carbonyl (C=O) groups excluding carboxylic acids is 2. The Labute approximate surface area is 142 Å². The van der Waals surface area contributed by atoms with Crippen LogP contribution in [0.15, 0.2) is 18.2 Å². The van der Waals surface area contributed by atoms with E-state index in [0.29, 0.717) is 5.56 Å². The summed E-state index contributed by atoms with van der Waals surface area (Å²) in [6.45, 7) is 0.769. The normalized spacial score (nSPS) is 26.5. The Bertz CT molecular complexity index is 681. The van der Waals surface area contributed by atoms with Crippen LogP contribution in [0.4, 0.5) is 0 Å². The number of amides is 2. The highest BCUT2D eigenvalue weighted by molar-refractivity contribution is 5.94. The van der Waals surface area contributed by atoms with Crippen LogP contribution >= 0.6 is 0 Å². The van der Waals surface area contributed by atoms with Crippen molar-refractivity contribution in [2.45, 2.75) is 57.4 Å². The predicted molar refractivity (Wildman–Crippen MR) is 88.7 cm³/mol. The predicted octanol–water partition coefficient (Wildman–Crippen LogP) is 2.46. The van der Waals surface area contributed by atoms with Gasteiger partial charge in [-0.05, 0) is 61.8 Å². The SMILES string of the molecule is O=C(c1ccc2c(c1)CC[C@]1(CCNC1=O)C2)N(O)C1CCCC1. The fourth-order valence-corrected chi connectivity index (χ4v) is 4.56. The topological polar surface area (TPSA) is 69.6 Å². The lowest BCUT2D eigenvalue weighted by Crippen LogP contribution is -2.37. The molecule has 0 unspecified atom stereocenters. The first-order valence-electron chi connectivity index (χ1n) is 9.02. The van der Waals surface area contributed by atoms with Crippen molar-refractivity contribution in [1.29, 1.82) is 0 Å². The largest absolute Gasteiger partial charge is 0.356 e. The van der Waals surface area contributed by atoms with Gasteiger partial charge in [-0.2, -0.15) is 0 Å². The summed E-state index contributed by atoms with van der Waals surface area (Å²) in [7, 11) is 0. The van der Waals surface area contributed by atoms with E-state index in [1.165, 1.54) is 5.56 Å². The molecule has 1 atom stereocenters. The second-order valence-corrected chi connectivity index (χ2v) is 7.53. The van der Waals surface area contributed by atoms with Gasteiger partial charge >= 0.3 is 0 Å². The van der Waals surface area contributed by atoms with Gasteiger partial charge in [0.25, 0.3) is 5.91 Å². The Morgan fingerprint density at radius 3 is 2.71 bits per heavy atom. The third-order valence-corrected chi connectivity index (χ3v) is 6.10. The lowest BCUT2D eigenvalue weighted by atomic mass is 9.70. The maximum atomic E-state index is 12.5. The standard InChI is InChI=1S/C19H24N2O3/c22-17(21(24)16-3-1-2-4-16)14-5-6-15-12-19(8-7-13(15)11-14)9-10-20-18(19)23/h5-6,11,16,24H,1-4,7-10,12H2,(H,20,23)/t19-/m0/s1. The minimum atomic E-state index is -0.302. The lowest BCUT2D eigenvalue weighted by molar-refractivity contribution is -0.128.